The Hall–Kier alpha value is -0.150. The smallest absolute Gasteiger partial charge is 0.0368 e. The quantitative estimate of drug-likeness (QED) is 0.438. The van der Waals surface area contributed by atoms with E-state index in [9.17, 15) is 0 Å². The van der Waals surface area contributed by atoms with Gasteiger partial charge in [0.25, 0.3) is 0 Å². The van der Waals surface area contributed by atoms with E-state index in [0.29, 0.717) is 11.3 Å². The minimum absolute atomic E-state index is 0.292. The maximum absolute atomic E-state index is 5.98. The lowest BCUT2D eigenvalue weighted by Gasteiger charge is -2.10. The van der Waals surface area contributed by atoms with Crippen LogP contribution in [0.3, 0.4) is 0 Å². The summed E-state index contributed by atoms with van der Waals surface area (Å²) >= 11 is 5.98. The van der Waals surface area contributed by atoms with E-state index in [2.05, 4.69) is 25.7 Å². The molecule has 0 spiro atoms. The summed E-state index contributed by atoms with van der Waals surface area (Å²) in [7, 11) is 0. The Bertz CT molecular complexity index is 127. The molecule has 0 N–H and O–H groups in total. The van der Waals surface area contributed by atoms with E-state index in [1.54, 1.807) is 0 Å². The Kier molecular flexibility index (Phi) is 5.54. The second kappa shape index (κ2) is 5.62. The molecule has 0 amide bonds. The first-order valence-corrected chi connectivity index (χ1v) is 4.15. The van der Waals surface area contributed by atoms with Gasteiger partial charge in [-0.1, -0.05) is 13.8 Å². The van der Waals surface area contributed by atoms with Crippen LogP contribution in [0.25, 0.3) is 0 Å². The summed E-state index contributed by atoms with van der Waals surface area (Å²) in [6, 6.07) is 0. The van der Waals surface area contributed by atoms with Gasteiger partial charge in [-0.05, 0) is 19.3 Å². The van der Waals surface area contributed by atoms with E-state index < -0.39 is 0 Å². The Balaban J connectivity index is 3.36. The number of hydrogen-bond acceptors (Lipinski definition) is 0. The Morgan fingerprint density at radius 1 is 1.40 bits per heavy atom. The molecule has 0 aliphatic carbocycles. The minimum Gasteiger partial charge on any atom is -0.123 e. The van der Waals surface area contributed by atoms with E-state index in [-0.39, 0.29) is 0 Å². The fraction of sp³-hybridized carbons (Fsp3) is 0.778. The van der Waals surface area contributed by atoms with Crippen LogP contribution in [0.2, 0.25) is 0 Å². The molecule has 0 nitrogen and oxygen atoms in total. The zero-order valence-corrected chi connectivity index (χ0v) is 7.70. The van der Waals surface area contributed by atoms with Crippen LogP contribution in [0.4, 0.5) is 0 Å². The molecule has 0 aromatic heterocycles. The molecule has 0 heterocycles. The molecule has 0 aromatic carbocycles. The molecular formula is C9H15Cl. The first-order valence-electron chi connectivity index (χ1n) is 3.72. The topological polar surface area (TPSA) is 0 Å². The third-order valence-electron chi connectivity index (χ3n) is 1.45. The number of rotatable bonds is 3. The van der Waals surface area contributed by atoms with Crippen LogP contribution >= 0.6 is 11.6 Å². The van der Waals surface area contributed by atoms with Crippen LogP contribution in [0, 0.1) is 17.8 Å². The highest BCUT2D eigenvalue weighted by Crippen LogP contribution is 2.14. The van der Waals surface area contributed by atoms with Gasteiger partial charge in [-0.2, -0.15) is 0 Å². The highest BCUT2D eigenvalue weighted by molar-refractivity contribution is 6.20. The summed E-state index contributed by atoms with van der Waals surface area (Å²) in [4.78, 5) is 0. The molecule has 1 unspecified atom stereocenters. The molecule has 1 atom stereocenters. The molecule has 58 valence electrons. The van der Waals surface area contributed by atoms with Gasteiger partial charge in [0.05, 0.1) is 0 Å². The van der Waals surface area contributed by atoms with E-state index in [1.807, 2.05) is 6.92 Å². The molecule has 0 aliphatic heterocycles. The second-order valence-corrected chi connectivity index (χ2v) is 3.29. The summed E-state index contributed by atoms with van der Waals surface area (Å²) in [6.45, 7) is 6.13. The lowest BCUT2D eigenvalue weighted by molar-refractivity contribution is 0.572. The molecule has 0 saturated carbocycles. The van der Waals surface area contributed by atoms with Crippen molar-refractivity contribution in [3.63, 3.8) is 0 Å². The normalized spacial score (nSPS) is 12.5. The Labute approximate surface area is 69.0 Å². The van der Waals surface area contributed by atoms with Crippen LogP contribution in [-0.4, -0.2) is 5.38 Å². The average Bonchev–Trinajstić information content (AvgIpc) is 1.88. The van der Waals surface area contributed by atoms with Gasteiger partial charge in [-0.3, -0.25) is 0 Å². The van der Waals surface area contributed by atoms with E-state index in [1.165, 1.54) is 0 Å². The second-order valence-electron chi connectivity index (χ2n) is 2.73. The predicted molar refractivity (Wildman–Crippen MR) is 47.2 cm³/mol. The predicted octanol–water partition coefficient (Wildman–Crippen LogP) is 3.05. The molecule has 10 heavy (non-hydrogen) atoms. The molecule has 1 heteroatoms. The van der Waals surface area contributed by atoms with E-state index >= 15 is 0 Å². The molecule has 0 fully saturated rings. The van der Waals surface area contributed by atoms with Crippen molar-refractivity contribution in [2.24, 2.45) is 5.92 Å². The van der Waals surface area contributed by atoms with Gasteiger partial charge >= 0.3 is 0 Å². The monoisotopic (exact) mass is 158 g/mol. The molecule has 0 bridgehead atoms. The van der Waals surface area contributed by atoms with Crippen LogP contribution < -0.4 is 0 Å². The van der Waals surface area contributed by atoms with Gasteiger partial charge in [0.15, 0.2) is 0 Å². The summed E-state index contributed by atoms with van der Waals surface area (Å²) in [5.41, 5.74) is 0. The molecule has 0 aliphatic rings. The van der Waals surface area contributed by atoms with Crippen molar-refractivity contribution in [3.8, 4) is 11.8 Å². The van der Waals surface area contributed by atoms with Crippen molar-refractivity contribution in [2.75, 3.05) is 0 Å². The Morgan fingerprint density at radius 2 is 2.00 bits per heavy atom. The lowest BCUT2D eigenvalue weighted by atomic mass is 10.1. The van der Waals surface area contributed by atoms with Gasteiger partial charge < -0.3 is 0 Å². The van der Waals surface area contributed by atoms with Gasteiger partial charge in [0.1, 0.15) is 0 Å². The van der Waals surface area contributed by atoms with Crippen molar-refractivity contribution in [1.82, 2.24) is 0 Å². The van der Waals surface area contributed by atoms with E-state index in [4.69, 9.17) is 11.6 Å². The van der Waals surface area contributed by atoms with Crippen molar-refractivity contribution < 1.29 is 0 Å². The SMILES string of the molecule is CC#CCCC(Cl)C(C)C. The third-order valence-corrected chi connectivity index (χ3v) is 2.17. The standard InChI is InChI=1S/C9H15Cl/c1-4-5-6-7-9(10)8(2)3/h8-9H,6-7H2,1-3H3. The summed E-state index contributed by atoms with van der Waals surface area (Å²) in [5.74, 6) is 6.42. The van der Waals surface area contributed by atoms with Crippen molar-refractivity contribution >= 4 is 11.6 Å². The number of halogens is 1. The van der Waals surface area contributed by atoms with Crippen LogP contribution in [0.1, 0.15) is 33.6 Å². The number of hydrogen-bond donors (Lipinski definition) is 0. The highest BCUT2D eigenvalue weighted by atomic mass is 35.5. The first kappa shape index (κ1) is 9.85. The zero-order chi connectivity index (χ0) is 7.98. The van der Waals surface area contributed by atoms with Crippen LogP contribution in [-0.2, 0) is 0 Å². The fourth-order valence-corrected chi connectivity index (χ4v) is 0.777. The molecule has 0 rings (SSSR count). The molecule has 0 saturated heterocycles. The highest BCUT2D eigenvalue weighted by Gasteiger charge is 2.06. The first-order chi connectivity index (χ1) is 4.68. The molecular weight excluding hydrogens is 144 g/mol. The lowest BCUT2D eigenvalue weighted by Crippen LogP contribution is -2.06. The summed E-state index contributed by atoms with van der Waals surface area (Å²) in [6.07, 6.45) is 1.95. The van der Waals surface area contributed by atoms with Crippen molar-refractivity contribution in [2.45, 2.75) is 39.0 Å². The summed E-state index contributed by atoms with van der Waals surface area (Å²) in [5, 5.41) is 0.292. The third kappa shape index (κ3) is 4.70. The minimum atomic E-state index is 0.292. The van der Waals surface area contributed by atoms with Gasteiger partial charge in [0.2, 0.25) is 0 Å². The van der Waals surface area contributed by atoms with Crippen LogP contribution in [0.5, 0.6) is 0 Å². The zero-order valence-electron chi connectivity index (χ0n) is 6.95. The average molecular weight is 159 g/mol. The van der Waals surface area contributed by atoms with Gasteiger partial charge in [-0.25, -0.2) is 0 Å². The van der Waals surface area contributed by atoms with E-state index in [0.717, 1.165) is 12.8 Å². The van der Waals surface area contributed by atoms with Crippen LogP contribution in [0.15, 0.2) is 0 Å². The Morgan fingerprint density at radius 3 is 2.40 bits per heavy atom. The number of alkyl halides is 1. The van der Waals surface area contributed by atoms with Gasteiger partial charge in [-0.15, -0.1) is 23.4 Å². The molecule has 0 radical (unpaired) electrons. The van der Waals surface area contributed by atoms with Gasteiger partial charge in [0, 0.05) is 11.8 Å². The van der Waals surface area contributed by atoms with Crippen molar-refractivity contribution in [3.05, 3.63) is 0 Å². The molecule has 0 aromatic rings. The largest absolute Gasteiger partial charge is 0.123 e. The van der Waals surface area contributed by atoms with Crippen molar-refractivity contribution in [1.29, 1.82) is 0 Å². The maximum Gasteiger partial charge on any atom is 0.0368 e. The fourth-order valence-electron chi connectivity index (χ4n) is 0.668. The summed E-state index contributed by atoms with van der Waals surface area (Å²) < 4.78 is 0. The maximum atomic E-state index is 5.98.